The van der Waals surface area contributed by atoms with Crippen LogP contribution in [0.1, 0.15) is 22.7 Å². The van der Waals surface area contributed by atoms with Crippen LogP contribution >= 0.6 is 11.8 Å². The lowest BCUT2D eigenvalue weighted by Gasteiger charge is -2.19. The number of nitrogens with one attached hydrogen (secondary N) is 1. The normalized spacial score (nSPS) is 12.4. The second-order valence-corrected chi connectivity index (χ2v) is 5.99. The third-order valence-electron chi connectivity index (χ3n) is 3.58. The maximum atomic E-state index is 13.2. The van der Waals surface area contributed by atoms with Crippen molar-refractivity contribution in [2.45, 2.75) is 24.8 Å². The zero-order chi connectivity index (χ0) is 14.5. The van der Waals surface area contributed by atoms with Crippen LogP contribution in [0.5, 0.6) is 0 Å². The molecule has 1 unspecified atom stereocenters. The van der Waals surface area contributed by atoms with E-state index in [0.717, 1.165) is 10.6 Å². The van der Waals surface area contributed by atoms with E-state index in [1.54, 1.807) is 23.9 Å². The largest absolute Gasteiger partial charge is 0.312 e. The molecule has 0 aliphatic rings. The van der Waals surface area contributed by atoms with Gasteiger partial charge in [0.1, 0.15) is 5.82 Å². The summed E-state index contributed by atoms with van der Waals surface area (Å²) in [6, 6.07) is 13.4. The van der Waals surface area contributed by atoms with E-state index in [9.17, 15) is 4.39 Å². The van der Waals surface area contributed by atoms with Gasteiger partial charge in [0.25, 0.3) is 0 Å². The van der Waals surface area contributed by atoms with Crippen LogP contribution in [0, 0.1) is 19.7 Å². The number of benzene rings is 2. The van der Waals surface area contributed by atoms with Gasteiger partial charge in [-0.05, 0) is 55.8 Å². The van der Waals surface area contributed by atoms with Gasteiger partial charge in [-0.25, -0.2) is 4.39 Å². The SMILES string of the molecule is CNC(CSc1cccc(F)c1)c1cccc(C)c1C. The molecule has 0 bridgehead atoms. The Bertz CT molecular complexity index is 583. The fraction of sp³-hybridized carbons (Fsp3) is 0.294. The van der Waals surface area contributed by atoms with Crippen LogP contribution < -0.4 is 5.32 Å². The fourth-order valence-corrected chi connectivity index (χ4v) is 3.29. The number of aryl methyl sites for hydroxylation is 1. The van der Waals surface area contributed by atoms with Crippen molar-refractivity contribution in [2.75, 3.05) is 12.8 Å². The summed E-state index contributed by atoms with van der Waals surface area (Å²) in [6.45, 7) is 4.28. The molecule has 1 nitrogen and oxygen atoms in total. The predicted molar refractivity (Wildman–Crippen MR) is 84.8 cm³/mol. The molecule has 0 spiro atoms. The van der Waals surface area contributed by atoms with Gasteiger partial charge in [-0.2, -0.15) is 0 Å². The van der Waals surface area contributed by atoms with Crippen LogP contribution in [0.3, 0.4) is 0 Å². The van der Waals surface area contributed by atoms with Gasteiger partial charge in [0, 0.05) is 16.7 Å². The van der Waals surface area contributed by atoms with E-state index < -0.39 is 0 Å². The Balaban J connectivity index is 2.11. The highest BCUT2D eigenvalue weighted by Crippen LogP contribution is 2.27. The molecule has 0 saturated heterocycles. The zero-order valence-electron chi connectivity index (χ0n) is 12.1. The molecule has 0 aliphatic carbocycles. The third-order valence-corrected chi connectivity index (χ3v) is 4.67. The Morgan fingerprint density at radius 1 is 1.15 bits per heavy atom. The summed E-state index contributed by atoms with van der Waals surface area (Å²) in [5, 5.41) is 3.36. The van der Waals surface area contributed by atoms with Gasteiger partial charge in [-0.3, -0.25) is 0 Å². The first-order chi connectivity index (χ1) is 9.61. The molecule has 1 atom stereocenters. The van der Waals surface area contributed by atoms with Crippen LogP contribution in [0.25, 0.3) is 0 Å². The predicted octanol–water partition coefficient (Wildman–Crippen LogP) is 4.50. The van der Waals surface area contributed by atoms with Crippen LogP contribution in [0.2, 0.25) is 0 Å². The van der Waals surface area contributed by atoms with E-state index in [1.807, 2.05) is 13.1 Å². The second-order valence-electron chi connectivity index (χ2n) is 4.90. The standard InChI is InChI=1S/C17H20FNS/c1-12-6-4-9-16(13(12)2)17(19-3)11-20-15-8-5-7-14(18)10-15/h4-10,17,19H,11H2,1-3H3. The minimum Gasteiger partial charge on any atom is -0.312 e. The van der Waals surface area contributed by atoms with Gasteiger partial charge >= 0.3 is 0 Å². The number of hydrogen-bond donors (Lipinski definition) is 1. The highest BCUT2D eigenvalue weighted by Gasteiger charge is 2.13. The summed E-state index contributed by atoms with van der Waals surface area (Å²) in [5.41, 5.74) is 3.95. The van der Waals surface area contributed by atoms with Gasteiger partial charge in [-0.1, -0.05) is 24.3 Å². The van der Waals surface area contributed by atoms with Gasteiger partial charge < -0.3 is 5.32 Å². The number of halogens is 1. The van der Waals surface area contributed by atoms with E-state index in [1.165, 1.54) is 22.8 Å². The molecule has 0 aliphatic heterocycles. The number of hydrogen-bond acceptors (Lipinski definition) is 2. The fourth-order valence-electron chi connectivity index (χ4n) is 2.22. The Hall–Kier alpha value is -1.32. The quantitative estimate of drug-likeness (QED) is 0.814. The monoisotopic (exact) mass is 289 g/mol. The lowest BCUT2D eigenvalue weighted by molar-refractivity contribution is 0.624. The zero-order valence-corrected chi connectivity index (χ0v) is 12.9. The lowest BCUT2D eigenvalue weighted by Crippen LogP contribution is -2.20. The molecule has 0 amide bonds. The lowest BCUT2D eigenvalue weighted by atomic mass is 9.98. The molecule has 106 valence electrons. The van der Waals surface area contributed by atoms with Crippen molar-refractivity contribution in [1.29, 1.82) is 0 Å². The van der Waals surface area contributed by atoms with Crippen LogP contribution in [-0.2, 0) is 0 Å². The highest BCUT2D eigenvalue weighted by atomic mass is 32.2. The smallest absolute Gasteiger partial charge is 0.124 e. The number of thioether (sulfide) groups is 1. The van der Waals surface area contributed by atoms with Crippen molar-refractivity contribution in [2.24, 2.45) is 0 Å². The first-order valence-corrected chi connectivity index (χ1v) is 7.72. The molecule has 0 heterocycles. The summed E-state index contributed by atoms with van der Waals surface area (Å²) >= 11 is 1.67. The van der Waals surface area contributed by atoms with E-state index >= 15 is 0 Å². The summed E-state index contributed by atoms with van der Waals surface area (Å²) in [7, 11) is 1.97. The first-order valence-electron chi connectivity index (χ1n) is 6.73. The van der Waals surface area contributed by atoms with Crippen LogP contribution in [0.4, 0.5) is 4.39 Å². The highest BCUT2D eigenvalue weighted by molar-refractivity contribution is 7.99. The van der Waals surface area contributed by atoms with Gasteiger partial charge in [0.2, 0.25) is 0 Å². The molecular weight excluding hydrogens is 269 g/mol. The van der Waals surface area contributed by atoms with Gasteiger partial charge in [0.15, 0.2) is 0 Å². The van der Waals surface area contributed by atoms with Gasteiger partial charge in [-0.15, -0.1) is 11.8 Å². The molecule has 20 heavy (non-hydrogen) atoms. The average molecular weight is 289 g/mol. The molecule has 0 aromatic heterocycles. The van der Waals surface area contributed by atoms with Crippen LogP contribution in [-0.4, -0.2) is 12.8 Å². The Morgan fingerprint density at radius 3 is 2.60 bits per heavy atom. The molecule has 0 saturated carbocycles. The van der Waals surface area contributed by atoms with Crippen molar-refractivity contribution >= 4 is 11.8 Å². The molecule has 0 radical (unpaired) electrons. The Kier molecular flexibility index (Phi) is 5.21. The summed E-state index contributed by atoms with van der Waals surface area (Å²) in [5.74, 6) is 0.701. The Labute approximate surface area is 124 Å². The number of rotatable bonds is 5. The third kappa shape index (κ3) is 3.62. The summed E-state index contributed by atoms with van der Waals surface area (Å²) < 4.78 is 13.2. The van der Waals surface area contributed by atoms with Crippen molar-refractivity contribution < 1.29 is 4.39 Å². The molecular formula is C17H20FNS. The minimum absolute atomic E-state index is 0.178. The average Bonchev–Trinajstić information content (AvgIpc) is 2.44. The van der Waals surface area contributed by atoms with Crippen molar-refractivity contribution in [3.8, 4) is 0 Å². The van der Waals surface area contributed by atoms with E-state index in [-0.39, 0.29) is 11.9 Å². The molecule has 3 heteroatoms. The van der Waals surface area contributed by atoms with Crippen LogP contribution in [0.15, 0.2) is 47.4 Å². The molecule has 1 N–H and O–H groups in total. The Morgan fingerprint density at radius 2 is 1.90 bits per heavy atom. The van der Waals surface area contributed by atoms with Gasteiger partial charge in [0.05, 0.1) is 0 Å². The van der Waals surface area contributed by atoms with Crippen molar-refractivity contribution in [3.63, 3.8) is 0 Å². The molecule has 2 aromatic rings. The summed E-state index contributed by atoms with van der Waals surface area (Å²) in [4.78, 5) is 0.968. The maximum absolute atomic E-state index is 13.2. The minimum atomic E-state index is -0.178. The molecule has 2 rings (SSSR count). The summed E-state index contributed by atoms with van der Waals surface area (Å²) in [6.07, 6.45) is 0. The topological polar surface area (TPSA) is 12.0 Å². The van der Waals surface area contributed by atoms with E-state index in [4.69, 9.17) is 0 Å². The van der Waals surface area contributed by atoms with Crippen molar-refractivity contribution in [1.82, 2.24) is 5.32 Å². The molecule has 0 fully saturated rings. The first kappa shape index (κ1) is 15.1. The molecule has 2 aromatic carbocycles. The maximum Gasteiger partial charge on any atom is 0.124 e. The second kappa shape index (κ2) is 6.91. The van der Waals surface area contributed by atoms with Crippen molar-refractivity contribution in [3.05, 3.63) is 65.0 Å². The van der Waals surface area contributed by atoms with E-state index in [2.05, 4.69) is 37.4 Å². The van der Waals surface area contributed by atoms with E-state index in [0.29, 0.717) is 0 Å².